The van der Waals surface area contributed by atoms with Crippen molar-refractivity contribution in [1.29, 1.82) is 5.26 Å². The van der Waals surface area contributed by atoms with Crippen molar-refractivity contribution in [3.63, 3.8) is 0 Å². The average molecular weight is 312 g/mol. The summed E-state index contributed by atoms with van der Waals surface area (Å²) in [4.78, 5) is 14.3. The summed E-state index contributed by atoms with van der Waals surface area (Å²) in [6, 6.07) is 12.2. The normalized spacial score (nSPS) is 23.7. The van der Waals surface area contributed by atoms with Crippen LogP contribution in [0.3, 0.4) is 0 Å². The number of nitrogens with zero attached hydrogens (tertiary/aromatic N) is 2. The summed E-state index contributed by atoms with van der Waals surface area (Å²) in [6.07, 6.45) is 1.22. The highest BCUT2D eigenvalue weighted by atomic mass is 16.5. The second-order valence-corrected chi connectivity index (χ2v) is 6.47. The predicted molar refractivity (Wildman–Crippen MR) is 89.4 cm³/mol. The van der Waals surface area contributed by atoms with Gasteiger partial charge in [-0.05, 0) is 39.4 Å². The van der Waals surface area contributed by atoms with Crippen molar-refractivity contribution in [1.82, 2.24) is 4.90 Å². The summed E-state index contributed by atoms with van der Waals surface area (Å²) in [5, 5.41) is 10.1. The molecule has 0 amide bonds. The average Bonchev–Trinajstić information content (AvgIpc) is 2.52. The van der Waals surface area contributed by atoms with E-state index in [2.05, 4.69) is 12.6 Å². The highest BCUT2D eigenvalue weighted by molar-refractivity contribution is 5.74. The Morgan fingerprint density at radius 1 is 1.43 bits per heavy atom. The number of rotatable bonds is 5. The highest BCUT2D eigenvalue weighted by Gasteiger charge is 2.50. The summed E-state index contributed by atoms with van der Waals surface area (Å²) in [5.41, 5.74) is 0.984. The second-order valence-electron chi connectivity index (χ2n) is 6.47. The molecule has 4 nitrogen and oxygen atoms in total. The third kappa shape index (κ3) is 3.16. The van der Waals surface area contributed by atoms with Gasteiger partial charge in [0.2, 0.25) is 0 Å². The largest absolute Gasteiger partial charge is 0.465 e. The van der Waals surface area contributed by atoms with Crippen molar-refractivity contribution in [2.24, 2.45) is 11.8 Å². The van der Waals surface area contributed by atoms with Crippen LogP contribution in [-0.4, -0.2) is 31.6 Å². The van der Waals surface area contributed by atoms with Gasteiger partial charge < -0.3 is 4.74 Å². The van der Waals surface area contributed by atoms with E-state index in [-0.39, 0.29) is 17.8 Å². The number of benzene rings is 1. The molecule has 0 radical (unpaired) electrons. The summed E-state index contributed by atoms with van der Waals surface area (Å²) < 4.78 is 5.27. The quantitative estimate of drug-likeness (QED) is 0.619. The molecule has 1 aromatic carbocycles. The number of hydrogen-bond donors (Lipinski definition) is 0. The number of carbonyl (C=O) groups is 1. The van der Waals surface area contributed by atoms with Gasteiger partial charge in [0.05, 0.1) is 18.6 Å². The van der Waals surface area contributed by atoms with E-state index in [9.17, 15) is 10.1 Å². The van der Waals surface area contributed by atoms with Crippen molar-refractivity contribution >= 4 is 5.97 Å². The van der Waals surface area contributed by atoms with Crippen LogP contribution in [0.1, 0.15) is 25.3 Å². The van der Waals surface area contributed by atoms with Crippen LogP contribution in [0.4, 0.5) is 0 Å². The molecular formula is C19H24N2O2. The van der Waals surface area contributed by atoms with Crippen LogP contribution >= 0.6 is 0 Å². The van der Waals surface area contributed by atoms with Gasteiger partial charge >= 0.3 is 5.97 Å². The molecule has 23 heavy (non-hydrogen) atoms. The molecule has 0 N–H and O–H groups in total. The molecule has 0 saturated carbocycles. The molecular weight excluding hydrogens is 288 g/mol. The van der Waals surface area contributed by atoms with Gasteiger partial charge in [-0.15, -0.1) is 6.58 Å². The fourth-order valence-electron chi connectivity index (χ4n) is 3.60. The van der Waals surface area contributed by atoms with Crippen molar-refractivity contribution in [2.45, 2.75) is 25.3 Å². The van der Waals surface area contributed by atoms with Gasteiger partial charge in [-0.2, -0.15) is 5.26 Å². The van der Waals surface area contributed by atoms with Crippen molar-refractivity contribution in [3.8, 4) is 6.07 Å². The minimum absolute atomic E-state index is 0.136. The lowest BCUT2D eigenvalue weighted by Gasteiger charge is -2.45. The monoisotopic (exact) mass is 312 g/mol. The third-order valence-corrected chi connectivity index (χ3v) is 4.66. The van der Waals surface area contributed by atoms with Crippen LogP contribution < -0.4 is 0 Å². The Labute approximate surface area is 138 Å². The van der Waals surface area contributed by atoms with Gasteiger partial charge in [-0.25, -0.2) is 0 Å². The van der Waals surface area contributed by atoms with Gasteiger partial charge in [-0.3, -0.25) is 9.69 Å². The van der Waals surface area contributed by atoms with E-state index in [1.54, 1.807) is 0 Å². The predicted octanol–water partition coefficient (Wildman–Crippen LogP) is 3.11. The third-order valence-electron chi connectivity index (χ3n) is 4.66. The first-order valence-electron chi connectivity index (χ1n) is 7.88. The minimum Gasteiger partial charge on any atom is -0.465 e. The molecule has 122 valence electrons. The van der Waals surface area contributed by atoms with Crippen LogP contribution in [0.15, 0.2) is 42.5 Å². The molecule has 0 aliphatic carbocycles. The van der Waals surface area contributed by atoms with Crippen LogP contribution in [0, 0.1) is 23.2 Å². The fourth-order valence-corrected chi connectivity index (χ4v) is 3.60. The number of hydrogen-bond acceptors (Lipinski definition) is 4. The Kier molecular flexibility index (Phi) is 5.23. The Hall–Kier alpha value is -2.12. The molecule has 1 heterocycles. The molecule has 1 aliphatic rings. The van der Waals surface area contributed by atoms with E-state index < -0.39 is 5.54 Å². The lowest BCUT2D eigenvalue weighted by Crippen LogP contribution is -2.53. The molecule has 1 fully saturated rings. The summed E-state index contributed by atoms with van der Waals surface area (Å²) >= 11 is 0. The number of allylic oxidation sites excluding steroid dienone is 1. The molecule has 1 aliphatic heterocycles. The number of carbonyl (C=O) groups excluding carboxylic acids is 1. The zero-order chi connectivity index (χ0) is 17.0. The second kappa shape index (κ2) is 6.97. The SMILES string of the molecule is C=C(C)CC1C(=O)OCCC1C(C#N)(c1ccccc1)N(C)C. The molecule has 2 rings (SSSR count). The lowest BCUT2D eigenvalue weighted by atomic mass is 9.68. The lowest BCUT2D eigenvalue weighted by molar-refractivity contribution is -0.160. The van der Waals surface area contributed by atoms with Gasteiger partial charge in [0.15, 0.2) is 0 Å². The zero-order valence-electron chi connectivity index (χ0n) is 14.1. The van der Waals surface area contributed by atoms with E-state index >= 15 is 0 Å². The standard InChI is InChI=1S/C19H24N2O2/c1-14(2)12-16-17(10-11-23-18(16)22)19(13-20,21(3)4)15-8-6-5-7-9-15/h5-9,16-17H,1,10-12H2,2-4H3. The highest BCUT2D eigenvalue weighted by Crippen LogP contribution is 2.44. The molecule has 0 spiro atoms. The first-order chi connectivity index (χ1) is 10.9. The number of cyclic esters (lactones) is 1. The summed E-state index contributed by atoms with van der Waals surface area (Å²) in [7, 11) is 3.79. The molecule has 3 atom stereocenters. The van der Waals surface area contributed by atoms with Crippen molar-refractivity contribution in [3.05, 3.63) is 48.0 Å². The van der Waals surface area contributed by atoms with Crippen LogP contribution in [0.2, 0.25) is 0 Å². The first kappa shape index (κ1) is 17.2. The Balaban J connectivity index is 2.55. The van der Waals surface area contributed by atoms with Gasteiger partial charge in [0.25, 0.3) is 0 Å². The first-order valence-corrected chi connectivity index (χ1v) is 7.88. The smallest absolute Gasteiger partial charge is 0.309 e. The maximum absolute atomic E-state index is 12.4. The van der Waals surface area contributed by atoms with E-state index in [1.165, 1.54) is 0 Å². The molecule has 0 aromatic heterocycles. The number of nitriles is 1. The summed E-state index contributed by atoms with van der Waals surface area (Å²) in [5.74, 6) is -0.701. The van der Waals surface area contributed by atoms with Crippen LogP contribution in [0.5, 0.6) is 0 Å². The van der Waals surface area contributed by atoms with E-state index in [1.807, 2.05) is 56.3 Å². The number of ether oxygens (including phenoxy) is 1. The maximum Gasteiger partial charge on any atom is 0.309 e. The molecule has 3 unspecified atom stereocenters. The van der Waals surface area contributed by atoms with Crippen molar-refractivity contribution < 1.29 is 9.53 Å². The molecule has 0 bridgehead atoms. The Morgan fingerprint density at radius 3 is 2.61 bits per heavy atom. The van der Waals surface area contributed by atoms with Crippen LogP contribution in [-0.2, 0) is 15.1 Å². The topological polar surface area (TPSA) is 53.3 Å². The fraction of sp³-hybridized carbons (Fsp3) is 0.474. The van der Waals surface area contributed by atoms with Gasteiger partial charge in [0, 0.05) is 5.92 Å². The van der Waals surface area contributed by atoms with Crippen LogP contribution in [0.25, 0.3) is 0 Å². The number of esters is 1. The summed E-state index contributed by atoms with van der Waals surface area (Å²) in [6.45, 7) is 6.21. The zero-order valence-corrected chi connectivity index (χ0v) is 14.1. The maximum atomic E-state index is 12.4. The molecule has 1 saturated heterocycles. The molecule has 1 aromatic rings. The molecule has 4 heteroatoms. The van der Waals surface area contributed by atoms with Gasteiger partial charge in [-0.1, -0.05) is 35.9 Å². The van der Waals surface area contributed by atoms with Gasteiger partial charge in [0.1, 0.15) is 5.54 Å². The van der Waals surface area contributed by atoms with E-state index in [4.69, 9.17) is 4.74 Å². The van der Waals surface area contributed by atoms with E-state index in [0.29, 0.717) is 19.4 Å². The Morgan fingerprint density at radius 2 is 2.09 bits per heavy atom. The van der Waals surface area contributed by atoms with Crippen molar-refractivity contribution in [2.75, 3.05) is 20.7 Å². The van der Waals surface area contributed by atoms with E-state index in [0.717, 1.165) is 11.1 Å². The Bertz CT molecular complexity index is 618. The minimum atomic E-state index is -0.860.